The summed E-state index contributed by atoms with van der Waals surface area (Å²) < 4.78 is 0. The van der Waals surface area contributed by atoms with Crippen molar-refractivity contribution in [1.29, 1.82) is 0 Å². The third kappa shape index (κ3) is 28.7. The van der Waals surface area contributed by atoms with Crippen LogP contribution < -0.4 is 0 Å². The van der Waals surface area contributed by atoms with Crippen LogP contribution >= 0.6 is 0 Å². The molecule has 2 heteroatoms. The fraction of sp³-hybridized carbons (Fsp3) is 0.767. The van der Waals surface area contributed by atoms with Crippen LogP contribution in [-0.4, -0.2) is 11.1 Å². The van der Waals surface area contributed by atoms with E-state index in [1.54, 1.807) is 0 Å². The van der Waals surface area contributed by atoms with E-state index in [0.29, 0.717) is 6.42 Å². The van der Waals surface area contributed by atoms with Gasteiger partial charge in [-0.1, -0.05) is 133 Å². The molecule has 1 N–H and O–H groups in total. The number of aliphatic carboxylic acids is 1. The van der Waals surface area contributed by atoms with Crippen molar-refractivity contribution in [3.63, 3.8) is 0 Å². The van der Waals surface area contributed by atoms with Crippen LogP contribution in [0.5, 0.6) is 0 Å². The highest BCUT2D eigenvalue weighted by Crippen LogP contribution is 2.13. The minimum Gasteiger partial charge on any atom is -0.481 e. The predicted molar refractivity (Wildman–Crippen MR) is 142 cm³/mol. The first-order chi connectivity index (χ1) is 15.8. The molecule has 0 aromatic carbocycles. The number of carboxylic acid groups (broad SMARTS) is 1. The molecule has 0 spiro atoms. The molecule has 0 aliphatic carbocycles. The largest absolute Gasteiger partial charge is 0.481 e. The Kier molecular flexibility index (Phi) is 26.6. The molecule has 0 bridgehead atoms. The summed E-state index contributed by atoms with van der Waals surface area (Å²) in [6.07, 6.45) is 41.0. The molecule has 0 atom stereocenters. The third-order valence-corrected chi connectivity index (χ3v) is 6.03. The zero-order chi connectivity index (χ0) is 23.4. The van der Waals surface area contributed by atoms with Gasteiger partial charge in [-0.15, -0.1) is 0 Å². The van der Waals surface area contributed by atoms with Crippen LogP contribution in [0.1, 0.15) is 148 Å². The van der Waals surface area contributed by atoms with E-state index in [4.69, 9.17) is 5.11 Å². The molecule has 0 aliphatic rings. The molecule has 0 aromatic heterocycles. The maximum atomic E-state index is 10.4. The Morgan fingerprint density at radius 1 is 0.500 bits per heavy atom. The van der Waals surface area contributed by atoms with Crippen molar-refractivity contribution < 1.29 is 9.90 Å². The van der Waals surface area contributed by atoms with E-state index in [0.717, 1.165) is 25.7 Å². The summed E-state index contributed by atoms with van der Waals surface area (Å²) in [6, 6.07) is 0. The van der Waals surface area contributed by atoms with Gasteiger partial charge < -0.3 is 5.11 Å². The van der Waals surface area contributed by atoms with Crippen molar-refractivity contribution in [1.82, 2.24) is 0 Å². The molecule has 0 heterocycles. The van der Waals surface area contributed by atoms with Gasteiger partial charge in [0.05, 0.1) is 0 Å². The summed E-state index contributed by atoms with van der Waals surface area (Å²) in [5, 5.41) is 8.60. The van der Waals surface area contributed by atoms with E-state index in [1.165, 1.54) is 109 Å². The quantitative estimate of drug-likeness (QED) is 0.112. The minimum atomic E-state index is -0.657. The zero-order valence-corrected chi connectivity index (χ0v) is 21.4. The van der Waals surface area contributed by atoms with Gasteiger partial charge in [0, 0.05) is 6.42 Å². The molecule has 0 saturated heterocycles. The van der Waals surface area contributed by atoms with E-state index in [9.17, 15) is 4.79 Å². The first kappa shape index (κ1) is 30.7. The Morgan fingerprint density at radius 3 is 1.25 bits per heavy atom. The molecule has 0 fully saturated rings. The molecule has 0 rings (SSSR count). The van der Waals surface area contributed by atoms with Crippen LogP contribution in [0.3, 0.4) is 0 Å². The summed E-state index contributed by atoms with van der Waals surface area (Å²) in [5.41, 5.74) is 0. The first-order valence-electron chi connectivity index (χ1n) is 13.9. The second-order valence-corrected chi connectivity index (χ2v) is 9.26. The molecule has 0 unspecified atom stereocenters. The summed E-state index contributed by atoms with van der Waals surface area (Å²) in [5.74, 6) is -0.657. The number of carboxylic acids is 1. The molecule has 0 saturated carbocycles. The second-order valence-electron chi connectivity index (χ2n) is 9.26. The van der Waals surface area contributed by atoms with Crippen LogP contribution in [0.25, 0.3) is 0 Å². The predicted octanol–water partition coefficient (Wildman–Crippen LogP) is 10.3. The molecule has 32 heavy (non-hydrogen) atoms. The lowest BCUT2D eigenvalue weighted by Crippen LogP contribution is -1.93. The second kappa shape index (κ2) is 27.7. The Morgan fingerprint density at radius 2 is 0.844 bits per heavy atom. The lowest BCUT2D eigenvalue weighted by atomic mass is 10.0. The van der Waals surface area contributed by atoms with Crippen LogP contribution in [0.4, 0.5) is 0 Å². The summed E-state index contributed by atoms with van der Waals surface area (Å²) in [6.45, 7) is 2.27. The van der Waals surface area contributed by atoms with Gasteiger partial charge in [0.2, 0.25) is 0 Å². The van der Waals surface area contributed by atoms with E-state index in [2.05, 4.69) is 43.4 Å². The molecule has 0 aliphatic heterocycles. The number of rotatable bonds is 25. The van der Waals surface area contributed by atoms with Crippen molar-refractivity contribution in [3.05, 3.63) is 36.5 Å². The van der Waals surface area contributed by atoms with Crippen molar-refractivity contribution in [2.24, 2.45) is 0 Å². The van der Waals surface area contributed by atoms with E-state index >= 15 is 0 Å². The molecule has 0 amide bonds. The molecule has 0 radical (unpaired) electrons. The van der Waals surface area contributed by atoms with Gasteiger partial charge in [0.15, 0.2) is 0 Å². The lowest BCUT2D eigenvalue weighted by molar-refractivity contribution is -0.137. The average Bonchev–Trinajstić information content (AvgIpc) is 2.78. The summed E-state index contributed by atoms with van der Waals surface area (Å²) in [4.78, 5) is 10.4. The van der Waals surface area contributed by atoms with E-state index < -0.39 is 5.97 Å². The van der Waals surface area contributed by atoms with Gasteiger partial charge in [-0.3, -0.25) is 4.79 Å². The fourth-order valence-corrected chi connectivity index (χ4v) is 3.95. The number of unbranched alkanes of at least 4 members (excludes halogenated alkanes) is 17. The monoisotopic (exact) mass is 446 g/mol. The van der Waals surface area contributed by atoms with Crippen LogP contribution in [0.15, 0.2) is 36.5 Å². The zero-order valence-electron chi connectivity index (χ0n) is 21.4. The van der Waals surface area contributed by atoms with Crippen molar-refractivity contribution in [2.75, 3.05) is 0 Å². The van der Waals surface area contributed by atoms with Crippen LogP contribution in [0, 0.1) is 0 Å². The first-order valence-corrected chi connectivity index (χ1v) is 13.9. The topological polar surface area (TPSA) is 37.3 Å². The molecular formula is C30H54O2. The Balaban J connectivity index is 3.21. The van der Waals surface area contributed by atoms with Gasteiger partial charge in [-0.25, -0.2) is 0 Å². The summed E-state index contributed by atoms with van der Waals surface area (Å²) in [7, 11) is 0. The maximum absolute atomic E-state index is 10.4. The number of carbonyl (C=O) groups is 1. The highest BCUT2D eigenvalue weighted by molar-refractivity contribution is 5.66. The Bertz CT molecular complexity index is 461. The third-order valence-electron chi connectivity index (χ3n) is 6.03. The SMILES string of the molecule is CCCCCCC/C=C\C/C=C\C/C=C\CCCCCCCCCCCCCCC(=O)O. The van der Waals surface area contributed by atoms with Gasteiger partial charge in [0.1, 0.15) is 0 Å². The normalized spacial score (nSPS) is 12.0. The van der Waals surface area contributed by atoms with Crippen LogP contribution in [0.2, 0.25) is 0 Å². The van der Waals surface area contributed by atoms with Gasteiger partial charge >= 0.3 is 5.97 Å². The fourth-order valence-electron chi connectivity index (χ4n) is 3.95. The van der Waals surface area contributed by atoms with Crippen molar-refractivity contribution in [3.8, 4) is 0 Å². The smallest absolute Gasteiger partial charge is 0.303 e. The highest BCUT2D eigenvalue weighted by Gasteiger charge is 1.97. The lowest BCUT2D eigenvalue weighted by Gasteiger charge is -2.02. The molecule has 0 aromatic rings. The van der Waals surface area contributed by atoms with Crippen molar-refractivity contribution >= 4 is 5.97 Å². The van der Waals surface area contributed by atoms with Crippen LogP contribution in [-0.2, 0) is 4.79 Å². The number of hydrogen-bond donors (Lipinski definition) is 1. The van der Waals surface area contributed by atoms with Gasteiger partial charge in [-0.2, -0.15) is 0 Å². The number of hydrogen-bond acceptors (Lipinski definition) is 1. The standard InChI is InChI=1S/C30H54O2/c1-2-3-4-5-6-7-8-9-10-11-12-13-14-15-16-17-18-19-20-21-22-23-24-25-26-27-28-29-30(31)32/h8-9,11-12,14-15H,2-7,10,13,16-29H2,1H3,(H,31,32)/b9-8-,12-11-,15-14-. The maximum Gasteiger partial charge on any atom is 0.303 e. The van der Waals surface area contributed by atoms with Crippen molar-refractivity contribution in [2.45, 2.75) is 148 Å². The summed E-state index contributed by atoms with van der Waals surface area (Å²) >= 11 is 0. The average molecular weight is 447 g/mol. The number of allylic oxidation sites excluding steroid dienone is 6. The van der Waals surface area contributed by atoms with E-state index in [1.807, 2.05) is 0 Å². The Labute approximate surface area is 200 Å². The Hall–Kier alpha value is -1.31. The minimum absolute atomic E-state index is 0.337. The van der Waals surface area contributed by atoms with Gasteiger partial charge in [0.25, 0.3) is 0 Å². The van der Waals surface area contributed by atoms with Gasteiger partial charge in [-0.05, 0) is 44.9 Å². The highest BCUT2D eigenvalue weighted by atomic mass is 16.4. The van der Waals surface area contributed by atoms with E-state index in [-0.39, 0.29) is 0 Å². The molecule has 186 valence electrons. The molecule has 2 nitrogen and oxygen atoms in total. The molecular weight excluding hydrogens is 392 g/mol.